The van der Waals surface area contributed by atoms with Gasteiger partial charge < -0.3 is 14.2 Å². The summed E-state index contributed by atoms with van der Waals surface area (Å²) in [7, 11) is 0. The van der Waals surface area contributed by atoms with Gasteiger partial charge in [-0.15, -0.1) is 0 Å². The van der Waals surface area contributed by atoms with Crippen molar-refractivity contribution in [2.45, 2.75) is 25.5 Å². The summed E-state index contributed by atoms with van der Waals surface area (Å²) in [5.41, 5.74) is 2.78. The maximum absolute atomic E-state index is 12.8. The van der Waals surface area contributed by atoms with Crippen molar-refractivity contribution in [2.24, 2.45) is 0 Å². The highest BCUT2D eigenvalue weighted by atomic mass is 16.5. The number of likely N-dealkylation sites (tertiary alicyclic amines) is 1. The van der Waals surface area contributed by atoms with E-state index in [1.54, 1.807) is 6.20 Å². The van der Waals surface area contributed by atoms with E-state index in [0.717, 1.165) is 34.8 Å². The highest BCUT2D eigenvalue weighted by Gasteiger charge is 2.24. The number of piperidine rings is 1. The second-order valence-corrected chi connectivity index (χ2v) is 7.40. The second kappa shape index (κ2) is 7.54. The number of benzene rings is 2. The fourth-order valence-corrected chi connectivity index (χ4v) is 3.92. The first-order valence-electron chi connectivity index (χ1n) is 9.96. The fourth-order valence-electron chi connectivity index (χ4n) is 3.92. The molecule has 6 nitrogen and oxygen atoms in total. The van der Waals surface area contributed by atoms with E-state index in [-0.39, 0.29) is 12.0 Å². The molecule has 1 saturated heterocycles. The molecule has 3 heterocycles. The molecule has 1 amide bonds. The van der Waals surface area contributed by atoms with E-state index in [1.807, 2.05) is 64.2 Å². The van der Waals surface area contributed by atoms with Crippen molar-refractivity contribution in [3.8, 4) is 5.88 Å². The molecule has 1 aliphatic rings. The van der Waals surface area contributed by atoms with Crippen molar-refractivity contribution in [3.63, 3.8) is 0 Å². The van der Waals surface area contributed by atoms with E-state index in [2.05, 4.69) is 16.0 Å². The Morgan fingerprint density at radius 3 is 2.62 bits per heavy atom. The molecule has 0 saturated carbocycles. The summed E-state index contributed by atoms with van der Waals surface area (Å²) in [6, 6.07) is 17.9. The summed E-state index contributed by atoms with van der Waals surface area (Å²) in [6.45, 7) is 1.77. The quantitative estimate of drug-likeness (QED) is 0.537. The molecule has 0 unspecified atom stereocenters. The number of aromatic nitrogens is 3. The third-order valence-electron chi connectivity index (χ3n) is 5.49. The normalized spacial score (nSPS) is 15.1. The van der Waals surface area contributed by atoms with Gasteiger partial charge >= 0.3 is 0 Å². The largest absolute Gasteiger partial charge is 0.473 e. The number of amides is 1. The molecule has 146 valence electrons. The summed E-state index contributed by atoms with van der Waals surface area (Å²) < 4.78 is 8.06. The van der Waals surface area contributed by atoms with Crippen LogP contribution in [0.15, 0.2) is 67.0 Å². The van der Waals surface area contributed by atoms with Crippen LogP contribution < -0.4 is 4.74 Å². The molecular weight excluding hydrogens is 364 g/mol. The van der Waals surface area contributed by atoms with Crippen LogP contribution in [0.5, 0.6) is 5.88 Å². The van der Waals surface area contributed by atoms with E-state index in [1.165, 1.54) is 0 Å². The lowest BCUT2D eigenvalue weighted by Crippen LogP contribution is -2.43. The predicted molar refractivity (Wildman–Crippen MR) is 112 cm³/mol. The van der Waals surface area contributed by atoms with Crippen LogP contribution in [0.3, 0.4) is 0 Å². The number of carbonyl (C=O) groups excluding carboxylic acids is 1. The van der Waals surface area contributed by atoms with Gasteiger partial charge in [0, 0.05) is 37.6 Å². The third-order valence-corrected chi connectivity index (χ3v) is 5.49. The highest BCUT2D eigenvalue weighted by molar-refractivity contribution is 5.83. The number of carbonyl (C=O) groups is 1. The molecule has 5 rings (SSSR count). The summed E-state index contributed by atoms with van der Waals surface area (Å²) in [5.74, 6) is 0.697. The number of hydrogen-bond donors (Lipinski definition) is 0. The summed E-state index contributed by atoms with van der Waals surface area (Å²) in [6.07, 6.45) is 5.31. The van der Waals surface area contributed by atoms with Crippen LogP contribution in [0.2, 0.25) is 0 Å². The van der Waals surface area contributed by atoms with Crippen LogP contribution >= 0.6 is 0 Å². The lowest BCUT2D eigenvalue weighted by atomic mass is 10.1. The molecule has 1 aliphatic heterocycles. The van der Waals surface area contributed by atoms with E-state index >= 15 is 0 Å². The van der Waals surface area contributed by atoms with E-state index in [0.29, 0.717) is 25.5 Å². The molecule has 2 aromatic heterocycles. The molecular formula is C23H22N4O2. The summed E-state index contributed by atoms with van der Waals surface area (Å²) in [5, 5.41) is 1.16. The number of rotatable bonds is 4. The molecule has 0 radical (unpaired) electrons. The average molecular weight is 386 g/mol. The van der Waals surface area contributed by atoms with Crippen molar-refractivity contribution in [2.75, 3.05) is 13.1 Å². The van der Waals surface area contributed by atoms with Gasteiger partial charge in [-0.1, -0.05) is 30.3 Å². The minimum Gasteiger partial charge on any atom is -0.473 e. The standard InChI is InChI=1S/C23H22N4O2/c28-23(16-27-12-9-17-5-1-4-8-21(17)27)26-13-10-18(11-14-26)29-22-15-24-19-6-2-3-7-20(19)25-22/h1-9,12,15,18H,10-11,13-14,16H2. The van der Waals surface area contributed by atoms with E-state index < -0.39 is 0 Å². The highest BCUT2D eigenvalue weighted by Crippen LogP contribution is 2.20. The monoisotopic (exact) mass is 386 g/mol. The van der Waals surface area contributed by atoms with Crippen LogP contribution in [-0.2, 0) is 11.3 Å². The summed E-state index contributed by atoms with van der Waals surface area (Å²) >= 11 is 0. The molecule has 0 spiro atoms. The van der Waals surface area contributed by atoms with Gasteiger partial charge in [0.05, 0.1) is 17.2 Å². The van der Waals surface area contributed by atoms with Gasteiger partial charge in [0.2, 0.25) is 11.8 Å². The molecule has 2 aromatic carbocycles. The first-order chi connectivity index (χ1) is 14.3. The smallest absolute Gasteiger partial charge is 0.242 e. The molecule has 0 atom stereocenters. The average Bonchev–Trinajstić information content (AvgIpc) is 3.17. The van der Waals surface area contributed by atoms with Gasteiger partial charge in [0.1, 0.15) is 12.6 Å². The predicted octanol–water partition coefficient (Wildman–Crippen LogP) is 3.65. The Hall–Kier alpha value is -3.41. The van der Waals surface area contributed by atoms with Crippen molar-refractivity contribution < 1.29 is 9.53 Å². The SMILES string of the molecule is O=C(Cn1ccc2ccccc21)N1CCC(Oc2cnc3ccccc3n2)CC1. The molecule has 6 heteroatoms. The number of nitrogens with zero attached hydrogens (tertiary/aromatic N) is 4. The van der Waals surface area contributed by atoms with Crippen LogP contribution in [0, 0.1) is 0 Å². The lowest BCUT2D eigenvalue weighted by Gasteiger charge is -2.32. The van der Waals surface area contributed by atoms with Crippen LogP contribution in [0.4, 0.5) is 0 Å². The number of fused-ring (bicyclic) bond motifs is 2. The van der Waals surface area contributed by atoms with Gasteiger partial charge in [-0.25, -0.2) is 9.97 Å². The zero-order chi connectivity index (χ0) is 19.6. The maximum Gasteiger partial charge on any atom is 0.242 e. The fraction of sp³-hybridized carbons (Fsp3) is 0.261. The number of para-hydroxylation sites is 3. The van der Waals surface area contributed by atoms with Gasteiger partial charge in [-0.2, -0.15) is 0 Å². The maximum atomic E-state index is 12.8. The first kappa shape index (κ1) is 17.7. The topological polar surface area (TPSA) is 60.2 Å². The first-order valence-corrected chi connectivity index (χ1v) is 9.96. The molecule has 0 aliphatic carbocycles. The van der Waals surface area contributed by atoms with Crippen LogP contribution in [-0.4, -0.2) is 44.5 Å². The van der Waals surface area contributed by atoms with E-state index in [4.69, 9.17) is 4.74 Å². The Balaban J connectivity index is 1.19. The van der Waals surface area contributed by atoms with Crippen molar-refractivity contribution in [1.82, 2.24) is 19.4 Å². The van der Waals surface area contributed by atoms with Crippen molar-refractivity contribution in [1.29, 1.82) is 0 Å². The molecule has 0 N–H and O–H groups in total. The Labute approximate surface area is 168 Å². The van der Waals surface area contributed by atoms with Gasteiger partial charge in [-0.3, -0.25) is 4.79 Å². The molecule has 4 aromatic rings. The number of ether oxygens (including phenoxy) is 1. The van der Waals surface area contributed by atoms with Crippen molar-refractivity contribution >= 4 is 27.8 Å². The Kier molecular flexibility index (Phi) is 4.60. The second-order valence-electron chi connectivity index (χ2n) is 7.40. The van der Waals surface area contributed by atoms with Crippen molar-refractivity contribution in [3.05, 3.63) is 67.0 Å². The third kappa shape index (κ3) is 3.66. The minimum atomic E-state index is 0.0573. The molecule has 0 bridgehead atoms. The van der Waals surface area contributed by atoms with Gasteiger partial charge in [0.15, 0.2) is 0 Å². The zero-order valence-corrected chi connectivity index (χ0v) is 16.1. The Morgan fingerprint density at radius 1 is 1.00 bits per heavy atom. The summed E-state index contributed by atoms with van der Waals surface area (Å²) in [4.78, 5) is 23.6. The van der Waals surface area contributed by atoms with E-state index in [9.17, 15) is 4.79 Å². The van der Waals surface area contributed by atoms with Gasteiger partial charge in [0.25, 0.3) is 0 Å². The molecule has 29 heavy (non-hydrogen) atoms. The lowest BCUT2D eigenvalue weighted by molar-refractivity contribution is -0.133. The van der Waals surface area contributed by atoms with Crippen LogP contribution in [0.1, 0.15) is 12.8 Å². The molecule has 1 fully saturated rings. The number of hydrogen-bond acceptors (Lipinski definition) is 4. The zero-order valence-electron chi connectivity index (χ0n) is 16.1. The minimum absolute atomic E-state index is 0.0573. The Bertz CT molecular complexity index is 1160. The van der Waals surface area contributed by atoms with Gasteiger partial charge in [-0.05, 0) is 29.7 Å². The Morgan fingerprint density at radius 2 is 1.76 bits per heavy atom. The van der Waals surface area contributed by atoms with Crippen LogP contribution in [0.25, 0.3) is 21.9 Å².